The van der Waals surface area contributed by atoms with Crippen molar-refractivity contribution in [1.29, 1.82) is 0 Å². The minimum atomic E-state index is -4.37. The summed E-state index contributed by atoms with van der Waals surface area (Å²) in [7, 11) is 0. The molecule has 1 aliphatic rings. The predicted octanol–water partition coefficient (Wildman–Crippen LogP) is 9.17. The third-order valence-corrected chi connectivity index (χ3v) is 6.58. The number of hydrogen-bond acceptors (Lipinski definition) is 1. The Balaban J connectivity index is 1.55. The Hall–Kier alpha value is -3.36. The predicted molar refractivity (Wildman–Crippen MR) is 122 cm³/mol. The molecule has 0 bridgehead atoms. The smallest absolute Gasteiger partial charge is 0.429 e. The first-order valence-electron chi connectivity index (χ1n) is 11.6. The highest BCUT2D eigenvalue weighted by Gasteiger charge is 2.40. The lowest BCUT2D eigenvalue weighted by Gasteiger charge is -2.28. The summed E-state index contributed by atoms with van der Waals surface area (Å²) in [6, 6.07) is 5.19. The van der Waals surface area contributed by atoms with Gasteiger partial charge in [-0.2, -0.15) is 8.78 Å². The molecule has 4 rings (SSSR count). The first kappa shape index (κ1) is 26.7. The molecule has 37 heavy (non-hydrogen) atoms. The van der Waals surface area contributed by atoms with Crippen molar-refractivity contribution >= 4 is 0 Å². The van der Waals surface area contributed by atoms with Gasteiger partial charge in [-0.25, -0.2) is 26.3 Å². The van der Waals surface area contributed by atoms with Crippen molar-refractivity contribution in [3.8, 4) is 16.9 Å². The molecule has 0 saturated heterocycles. The van der Waals surface area contributed by atoms with Crippen LogP contribution in [-0.4, -0.2) is 0 Å². The summed E-state index contributed by atoms with van der Waals surface area (Å²) in [5, 5.41) is 0. The monoisotopic (exact) mass is 526 g/mol. The zero-order chi connectivity index (χ0) is 26.9. The van der Waals surface area contributed by atoms with Gasteiger partial charge in [0.05, 0.1) is 0 Å². The molecular weight excluding hydrogens is 504 g/mol. The number of benzene rings is 3. The fourth-order valence-electron chi connectivity index (χ4n) is 4.71. The molecule has 3 aromatic carbocycles. The second-order valence-electron chi connectivity index (χ2n) is 8.98. The maximum atomic E-state index is 14.8. The quantitative estimate of drug-likeness (QED) is 0.177. The maximum absolute atomic E-state index is 14.8. The maximum Gasteiger partial charge on any atom is 0.429 e. The van der Waals surface area contributed by atoms with Crippen LogP contribution in [0.2, 0.25) is 0 Å². The highest BCUT2D eigenvalue weighted by Crippen LogP contribution is 2.41. The molecule has 1 aliphatic carbocycles. The van der Waals surface area contributed by atoms with E-state index in [1.165, 1.54) is 0 Å². The number of alkyl halides is 2. The lowest BCUT2D eigenvalue weighted by molar-refractivity contribution is -0.187. The summed E-state index contributed by atoms with van der Waals surface area (Å²) in [6.07, 6.45) is 2.35. The van der Waals surface area contributed by atoms with Gasteiger partial charge in [-0.1, -0.05) is 18.2 Å². The molecule has 0 amide bonds. The minimum absolute atomic E-state index is 0.0186. The standard InChI is InChI=1S/C28H22F8O/c1-2-3-15-4-6-16(7-5-15)20-10-11-21(26(33)25(20)32)28(35,36)37-18-8-9-19(22(29)14-18)17-12-23(30)27(34)24(31)13-17/h2-3,8-16H,4-7H2,1H3/b3-2+. The van der Waals surface area contributed by atoms with E-state index in [4.69, 9.17) is 0 Å². The van der Waals surface area contributed by atoms with E-state index in [2.05, 4.69) is 10.8 Å². The molecule has 1 saturated carbocycles. The Labute approximate surface area is 208 Å². The highest BCUT2D eigenvalue weighted by atomic mass is 19.3. The van der Waals surface area contributed by atoms with Crippen molar-refractivity contribution in [2.24, 2.45) is 5.92 Å². The average molecular weight is 526 g/mol. The molecule has 196 valence electrons. The number of halogens is 8. The summed E-state index contributed by atoms with van der Waals surface area (Å²) in [5.74, 6) is -9.92. The molecule has 1 fully saturated rings. The van der Waals surface area contributed by atoms with Crippen LogP contribution < -0.4 is 4.74 Å². The van der Waals surface area contributed by atoms with Crippen LogP contribution in [0, 0.1) is 40.8 Å². The number of rotatable bonds is 6. The highest BCUT2D eigenvalue weighted by molar-refractivity contribution is 5.65. The Morgan fingerprint density at radius 2 is 1.41 bits per heavy atom. The molecule has 0 unspecified atom stereocenters. The Kier molecular flexibility index (Phi) is 7.62. The van der Waals surface area contributed by atoms with Crippen LogP contribution in [0.5, 0.6) is 5.75 Å². The van der Waals surface area contributed by atoms with Gasteiger partial charge in [0.1, 0.15) is 17.1 Å². The largest absolute Gasteiger partial charge is 0.429 e. The lowest BCUT2D eigenvalue weighted by atomic mass is 9.78. The van der Waals surface area contributed by atoms with Crippen molar-refractivity contribution in [1.82, 2.24) is 0 Å². The van der Waals surface area contributed by atoms with Crippen molar-refractivity contribution in [2.75, 3.05) is 0 Å². The van der Waals surface area contributed by atoms with E-state index in [0.717, 1.165) is 37.1 Å². The minimum Gasteiger partial charge on any atom is -0.429 e. The van der Waals surface area contributed by atoms with Gasteiger partial charge in [-0.05, 0) is 85.9 Å². The average Bonchev–Trinajstić information content (AvgIpc) is 2.84. The molecule has 3 aromatic rings. The van der Waals surface area contributed by atoms with E-state index in [0.29, 0.717) is 37.0 Å². The van der Waals surface area contributed by atoms with Crippen LogP contribution in [0.3, 0.4) is 0 Å². The van der Waals surface area contributed by atoms with Crippen LogP contribution in [0.15, 0.2) is 54.6 Å². The second kappa shape index (κ2) is 10.6. The topological polar surface area (TPSA) is 9.23 Å². The molecule has 0 N–H and O–H groups in total. The van der Waals surface area contributed by atoms with Gasteiger partial charge >= 0.3 is 6.11 Å². The van der Waals surface area contributed by atoms with E-state index in [-0.39, 0.29) is 17.0 Å². The fourth-order valence-corrected chi connectivity index (χ4v) is 4.71. The normalized spacial score (nSPS) is 18.4. The molecule has 1 nitrogen and oxygen atoms in total. The zero-order valence-corrected chi connectivity index (χ0v) is 19.6. The van der Waals surface area contributed by atoms with Crippen LogP contribution in [0.25, 0.3) is 11.1 Å². The molecule has 0 aromatic heterocycles. The zero-order valence-electron chi connectivity index (χ0n) is 19.6. The van der Waals surface area contributed by atoms with Crippen LogP contribution >= 0.6 is 0 Å². The molecule has 0 heterocycles. The van der Waals surface area contributed by atoms with Gasteiger partial charge in [0.15, 0.2) is 29.1 Å². The van der Waals surface area contributed by atoms with E-state index < -0.39 is 57.9 Å². The molecule has 0 aliphatic heterocycles. The summed E-state index contributed by atoms with van der Waals surface area (Å²) >= 11 is 0. The van der Waals surface area contributed by atoms with Crippen LogP contribution in [-0.2, 0) is 6.11 Å². The Bertz CT molecular complexity index is 1300. The molecule has 9 heteroatoms. The van der Waals surface area contributed by atoms with Crippen molar-refractivity contribution < 1.29 is 39.9 Å². The van der Waals surface area contributed by atoms with E-state index in [1.807, 2.05) is 13.0 Å². The second-order valence-corrected chi connectivity index (χ2v) is 8.98. The van der Waals surface area contributed by atoms with Gasteiger partial charge in [-0.3, -0.25) is 0 Å². The van der Waals surface area contributed by atoms with Gasteiger partial charge in [0.2, 0.25) is 0 Å². The van der Waals surface area contributed by atoms with Gasteiger partial charge in [-0.15, -0.1) is 0 Å². The summed E-state index contributed by atoms with van der Waals surface area (Å²) < 4.78 is 118. The first-order valence-corrected chi connectivity index (χ1v) is 11.6. The Morgan fingerprint density at radius 1 is 0.757 bits per heavy atom. The number of allylic oxidation sites excluding steroid dienone is 2. The Morgan fingerprint density at radius 3 is 2.00 bits per heavy atom. The fraction of sp³-hybridized carbons (Fsp3) is 0.286. The van der Waals surface area contributed by atoms with Crippen LogP contribution in [0.4, 0.5) is 35.1 Å². The third kappa shape index (κ3) is 5.50. The van der Waals surface area contributed by atoms with Crippen molar-refractivity contribution in [3.05, 3.63) is 101 Å². The summed E-state index contributed by atoms with van der Waals surface area (Å²) in [5.41, 5.74) is -2.14. The van der Waals surface area contributed by atoms with E-state index >= 15 is 0 Å². The number of hydrogen-bond donors (Lipinski definition) is 0. The van der Waals surface area contributed by atoms with Crippen LogP contribution in [0.1, 0.15) is 49.7 Å². The molecule has 0 spiro atoms. The number of ether oxygens (including phenoxy) is 1. The molecule has 0 radical (unpaired) electrons. The lowest BCUT2D eigenvalue weighted by Crippen LogP contribution is -2.25. The van der Waals surface area contributed by atoms with Crippen molar-refractivity contribution in [3.63, 3.8) is 0 Å². The first-order chi connectivity index (χ1) is 17.5. The summed E-state index contributed by atoms with van der Waals surface area (Å²) in [6.45, 7) is 1.90. The molecular formula is C28H22F8O. The third-order valence-electron chi connectivity index (χ3n) is 6.58. The summed E-state index contributed by atoms with van der Waals surface area (Å²) in [4.78, 5) is 0. The van der Waals surface area contributed by atoms with Gasteiger partial charge < -0.3 is 4.74 Å². The van der Waals surface area contributed by atoms with E-state index in [1.54, 1.807) is 0 Å². The van der Waals surface area contributed by atoms with Gasteiger partial charge in [0.25, 0.3) is 0 Å². The SMILES string of the molecule is C/C=C/C1CCC(c2ccc(C(F)(F)Oc3ccc(-c4cc(F)c(F)c(F)c4)c(F)c3)c(F)c2F)CC1. The van der Waals surface area contributed by atoms with E-state index in [9.17, 15) is 35.1 Å². The molecule has 0 atom stereocenters. The van der Waals surface area contributed by atoms with Crippen molar-refractivity contribution in [2.45, 2.75) is 44.6 Å². The van der Waals surface area contributed by atoms with Gasteiger partial charge in [0, 0.05) is 11.6 Å².